The van der Waals surface area contributed by atoms with Gasteiger partial charge in [-0.05, 0) is 56.9 Å². The number of benzene rings is 2. The molecular weight excluding hydrogens is 406 g/mol. The van der Waals surface area contributed by atoms with Crippen LogP contribution in [0, 0.1) is 30.9 Å². The number of nitro groups is 1. The maximum atomic E-state index is 13.4. The number of nitro benzene ring substituents is 1. The zero-order valence-electron chi connectivity index (χ0n) is 17.2. The second-order valence-corrected chi connectivity index (χ2v) is 9.48. The minimum absolute atomic E-state index is 0.0940. The van der Waals surface area contributed by atoms with Crippen molar-refractivity contribution in [3.05, 3.63) is 68.8 Å². The van der Waals surface area contributed by atoms with E-state index < -0.39 is 20.9 Å². The molecule has 1 atom stereocenters. The molecule has 2 aromatic carbocycles. The summed E-state index contributed by atoms with van der Waals surface area (Å²) in [5, 5.41) is 13.5. The van der Waals surface area contributed by atoms with E-state index in [0.29, 0.717) is 34.6 Å². The first-order valence-corrected chi connectivity index (χ1v) is 11.2. The normalized spacial score (nSPS) is 17.1. The molecule has 1 saturated heterocycles. The van der Waals surface area contributed by atoms with Gasteiger partial charge in [0, 0.05) is 36.8 Å². The summed E-state index contributed by atoms with van der Waals surface area (Å²) in [5.41, 5.74) is 2.64. The first kappa shape index (κ1) is 21.9. The van der Waals surface area contributed by atoms with Crippen LogP contribution in [0.1, 0.15) is 39.9 Å². The van der Waals surface area contributed by atoms with Crippen LogP contribution in [0.15, 0.2) is 41.3 Å². The number of rotatable bonds is 6. The zero-order chi connectivity index (χ0) is 22.1. The first-order valence-electron chi connectivity index (χ1n) is 9.73. The Labute approximate surface area is 176 Å². The van der Waals surface area contributed by atoms with E-state index in [-0.39, 0.29) is 18.3 Å². The van der Waals surface area contributed by atoms with Crippen LogP contribution in [0.2, 0.25) is 0 Å². The summed E-state index contributed by atoms with van der Waals surface area (Å²) in [4.78, 5) is 22.9. The molecule has 160 valence electrons. The molecule has 2 aromatic rings. The van der Waals surface area contributed by atoms with E-state index in [9.17, 15) is 23.3 Å². The Hall–Kier alpha value is -2.78. The molecule has 0 aromatic heterocycles. The molecule has 1 aliphatic heterocycles. The van der Waals surface area contributed by atoms with Crippen molar-refractivity contribution in [3.8, 4) is 0 Å². The third-order valence-corrected chi connectivity index (χ3v) is 7.59. The molecule has 1 unspecified atom stereocenters. The van der Waals surface area contributed by atoms with Gasteiger partial charge in [-0.1, -0.05) is 17.7 Å². The second-order valence-electron chi connectivity index (χ2n) is 7.65. The highest BCUT2D eigenvalue weighted by atomic mass is 32.2. The predicted molar refractivity (Wildman–Crippen MR) is 113 cm³/mol. The van der Waals surface area contributed by atoms with Crippen LogP contribution >= 0.6 is 0 Å². The zero-order valence-corrected chi connectivity index (χ0v) is 18.0. The molecule has 1 N–H and O–H groups in total. The molecule has 3 rings (SSSR count). The van der Waals surface area contributed by atoms with Crippen molar-refractivity contribution >= 4 is 21.6 Å². The second kappa shape index (κ2) is 8.53. The fourth-order valence-corrected chi connectivity index (χ4v) is 6.18. The quantitative estimate of drug-likeness (QED) is 0.558. The van der Waals surface area contributed by atoms with Gasteiger partial charge in [-0.2, -0.15) is 4.31 Å². The largest absolute Gasteiger partial charge is 0.350 e. The van der Waals surface area contributed by atoms with Gasteiger partial charge in [0.05, 0.1) is 9.82 Å². The third kappa shape index (κ3) is 4.36. The van der Waals surface area contributed by atoms with E-state index in [1.807, 2.05) is 19.1 Å². The lowest BCUT2D eigenvalue weighted by Crippen LogP contribution is -2.43. The summed E-state index contributed by atoms with van der Waals surface area (Å²) in [6.45, 7) is 6.12. The lowest BCUT2D eigenvalue weighted by atomic mass is 10.1. The van der Waals surface area contributed by atoms with Gasteiger partial charge < -0.3 is 5.32 Å². The van der Waals surface area contributed by atoms with Crippen molar-refractivity contribution in [1.82, 2.24) is 9.62 Å². The van der Waals surface area contributed by atoms with E-state index in [4.69, 9.17) is 0 Å². The Morgan fingerprint density at radius 3 is 2.33 bits per heavy atom. The molecule has 1 heterocycles. The van der Waals surface area contributed by atoms with Crippen LogP contribution in [0.3, 0.4) is 0 Å². The Morgan fingerprint density at radius 2 is 1.77 bits per heavy atom. The number of non-ortho nitro benzene ring substituents is 1. The molecule has 0 aliphatic carbocycles. The van der Waals surface area contributed by atoms with Gasteiger partial charge in [-0.15, -0.1) is 0 Å². The van der Waals surface area contributed by atoms with Gasteiger partial charge in [0.25, 0.3) is 11.6 Å². The van der Waals surface area contributed by atoms with Crippen molar-refractivity contribution in [2.45, 2.75) is 44.6 Å². The molecule has 30 heavy (non-hydrogen) atoms. The SMILES string of the molecule is Cc1cc(C)c(S(=O)(=O)N2CCCC2CNC(=O)c2ccc([N+](=O)[O-])cc2)c(C)c1. The molecule has 1 amide bonds. The average molecular weight is 432 g/mol. The fourth-order valence-electron chi connectivity index (χ4n) is 4.07. The van der Waals surface area contributed by atoms with Gasteiger partial charge in [0.1, 0.15) is 0 Å². The number of sulfonamides is 1. The number of aryl methyl sites for hydroxylation is 3. The molecule has 0 bridgehead atoms. The molecule has 0 radical (unpaired) electrons. The van der Waals surface area contributed by atoms with E-state index in [1.54, 1.807) is 13.8 Å². The molecule has 0 spiro atoms. The van der Waals surface area contributed by atoms with Gasteiger partial charge in [0.15, 0.2) is 0 Å². The summed E-state index contributed by atoms with van der Waals surface area (Å²) in [7, 11) is -3.69. The van der Waals surface area contributed by atoms with E-state index in [0.717, 1.165) is 12.0 Å². The molecule has 9 heteroatoms. The van der Waals surface area contributed by atoms with Crippen molar-refractivity contribution in [1.29, 1.82) is 0 Å². The highest BCUT2D eigenvalue weighted by molar-refractivity contribution is 7.89. The van der Waals surface area contributed by atoms with E-state index in [2.05, 4.69) is 5.32 Å². The first-order chi connectivity index (χ1) is 14.1. The number of nitrogens with zero attached hydrogens (tertiary/aromatic N) is 2. The van der Waals surface area contributed by atoms with Crippen molar-refractivity contribution in [3.63, 3.8) is 0 Å². The van der Waals surface area contributed by atoms with Gasteiger partial charge in [-0.3, -0.25) is 14.9 Å². The minimum atomic E-state index is -3.69. The monoisotopic (exact) mass is 431 g/mol. The third-order valence-electron chi connectivity index (χ3n) is 5.33. The van der Waals surface area contributed by atoms with Crippen molar-refractivity contribution in [2.75, 3.05) is 13.1 Å². The summed E-state index contributed by atoms with van der Waals surface area (Å²) >= 11 is 0. The summed E-state index contributed by atoms with van der Waals surface area (Å²) in [6, 6.07) is 8.69. The van der Waals surface area contributed by atoms with Crippen molar-refractivity contribution < 1.29 is 18.1 Å². The highest BCUT2D eigenvalue weighted by Gasteiger charge is 2.37. The lowest BCUT2D eigenvalue weighted by Gasteiger charge is -2.26. The van der Waals surface area contributed by atoms with Crippen LogP contribution in [0.25, 0.3) is 0 Å². The summed E-state index contributed by atoms with van der Waals surface area (Å²) < 4.78 is 28.2. The number of nitrogens with one attached hydrogen (secondary N) is 1. The highest BCUT2D eigenvalue weighted by Crippen LogP contribution is 2.30. The van der Waals surface area contributed by atoms with Crippen LogP contribution in [0.4, 0.5) is 5.69 Å². The van der Waals surface area contributed by atoms with Crippen LogP contribution in [-0.2, 0) is 10.0 Å². The van der Waals surface area contributed by atoms with Crippen LogP contribution in [0.5, 0.6) is 0 Å². The number of hydrogen-bond donors (Lipinski definition) is 1. The Morgan fingerprint density at radius 1 is 1.17 bits per heavy atom. The van der Waals surface area contributed by atoms with Crippen molar-refractivity contribution in [2.24, 2.45) is 0 Å². The molecule has 1 aliphatic rings. The fraction of sp³-hybridized carbons (Fsp3) is 0.381. The Bertz CT molecular complexity index is 1060. The lowest BCUT2D eigenvalue weighted by molar-refractivity contribution is -0.384. The molecule has 1 fully saturated rings. The Kier molecular flexibility index (Phi) is 6.23. The topological polar surface area (TPSA) is 110 Å². The number of amides is 1. The Balaban J connectivity index is 1.74. The smallest absolute Gasteiger partial charge is 0.269 e. The summed E-state index contributed by atoms with van der Waals surface area (Å²) in [5.74, 6) is -0.392. The molecule has 0 saturated carbocycles. The maximum Gasteiger partial charge on any atom is 0.269 e. The van der Waals surface area contributed by atoms with Gasteiger partial charge in [0.2, 0.25) is 10.0 Å². The van der Waals surface area contributed by atoms with E-state index >= 15 is 0 Å². The molecule has 8 nitrogen and oxygen atoms in total. The summed E-state index contributed by atoms with van der Waals surface area (Å²) in [6.07, 6.45) is 1.38. The molecular formula is C21H25N3O5S. The van der Waals surface area contributed by atoms with Gasteiger partial charge >= 0.3 is 0 Å². The average Bonchev–Trinajstić information content (AvgIpc) is 3.14. The standard InChI is InChI=1S/C21H25N3O5S/c1-14-11-15(2)20(16(3)12-14)30(28,29)23-10-4-5-19(23)13-22-21(25)17-6-8-18(9-7-17)24(26)27/h6-9,11-12,19H,4-5,10,13H2,1-3H3,(H,22,25). The number of carbonyl (C=O) groups is 1. The number of carbonyl (C=O) groups excluding carboxylic acids is 1. The predicted octanol–water partition coefficient (Wildman–Crippen LogP) is 3.10. The van der Waals surface area contributed by atoms with Crippen LogP contribution < -0.4 is 5.32 Å². The van der Waals surface area contributed by atoms with E-state index in [1.165, 1.54) is 28.6 Å². The van der Waals surface area contributed by atoms with Gasteiger partial charge in [-0.25, -0.2) is 8.42 Å². The number of hydrogen-bond acceptors (Lipinski definition) is 5. The maximum absolute atomic E-state index is 13.4. The minimum Gasteiger partial charge on any atom is -0.350 e. The van der Waals surface area contributed by atoms with Crippen LogP contribution in [-0.4, -0.2) is 42.7 Å².